The normalized spacial score (nSPS) is 18.7. The Bertz CT molecular complexity index is 560. The van der Waals surface area contributed by atoms with Crippen molar-refractivity contribution in [2.24, 2.45) is 18.7 Å². The third kappa shape index (κ3) is 2.01. The van der Waals surface area contributed by atoms with E-state index in [9.17, 15) is 0 Å². The molecule has 18 heavy (non-hydrogen) atoms. The second-order valence-electron chi connectivity index (χ2n) is 4.88. The Balaban J connectivity index is 1.92. The lowest BCUT2D eigenvalue weighted by molar-refractivity contribution is 0.462. The Hall–Kier alpha value is -1.75. The molecule has 0 aromatic carbocycles. The lowest BCUT2D eigenvalue weighted by atomic mass is 9.87. The quantitative estimate of drug-likeness (QED) is 0.852. The molecule has 0 amide bonds. The molecule has 2 heterocycles. The third-order valence-electron chi connectivity index (χ3n) is 3.53. The number of nitrogens with two attached hydrogens (primary N) is 1. The van der Waals surface area contributed by atoms with Gasteiger partial charge in [0.25, 0.3) is 0 Å². The minimum atomic E-state index is 0.585. The van der Waals surface area contributed by atoms with Gasteiger partial charge in [0.15, 0.2) is 5.82 Å². The minimum absolute atomic E-state index is 0.585. The molecule has 2 N–H and O–H groups in total. The summed E-state index contributed by atoms with van der Waals surface area (Å²) >= 11 is 0. The zero-order valence-electron chi connectivity index (χ0n) is 10.5. The van der Waals surface area contributed by atoms with E-state index in [0.29, 0.717) is 5.92 Å². The van der Waals surface area contributed by atoms with Crippen molar-refractivity contribution in [1.82, 2.24) is 19.7 Å². The van der Waals surface area contributed by atoms with E-state index in [1.807, 2.05) is 25.5 Å². The van der Waals surface area contributed by atoms with Crippen molar-refractivity contribution in [1.29, 1.82) is 0 Å². The fraction of sp³-hybridized carbons (Fsp3) is 0.462. The molecule has 0 saturated heterocycles. The average Bonchev–Trinajstić information content (AvgIpc) is 2.84. The zero-order valence-corrected chi connectivity index (χ0v) is 10.5. The summed E-state index contributed by atoms with van der Waals surface area (Å²) in [4.78, 5) is 9.05. The van der Waals surface area contributed by atoms with E-state index < -0.39 is 0 Å². The summed E-state index contributed by atoms with van der Waals surface area (Å²) < 4.78 is 1.77. The summed E-state index contributed by atoms with van der Waals surface area (Å²) in [5.41, 5.74) is 8.97. The summed E-state index contributed by atoms with van der Waals surface area (Å²) in [6.45, 7) is 0.751. The Kier molecular flexibility index (Phi) is 2.83. The van der Waals surface area contributed by atoms with Gasteiger partial charge in [0, 0.05) is 25.1 Å². The third-order valence-corrected chi connectivity index (χ3v) is 3.53. The SMILES string of the molecule is Cn1ccc(-c2ncc3c(n2)CCC(CN)C3)n1. The molecule has 2 aromatic heterocycles. The highest BCUT2D eigenvalue weighted by Gasteiger charge is 2.20. The van der Waals surface area contributed by atoms with Gasteiger partial charge in [0.1, 0.15) is 5.69 Å². The van der Waals surface area contributed by atoms with Gasteiger partial charge in [-0.15, -0.1) is 0 Å². The van der Waals surface area contributed by atoms with Crippen LogP contribution in [0.2, 0.25) is 0 Å². The Morgan fingerprint density at radius 2 is 2.39 bits per heavy atom. The summed E-state index contributed by atoms with van der Waals surface area (Å²) in [6.07, 6.45) is 6.98. The number of aryl methyl sites for hydroxylation is 2. The van der Waals surface area contributed by atoms with Gasteiger partial charge in [0.2, 0.25) is 0 Å². The summed E-state index contributed by atoms with van der Waals surface area (Å²) in [6, 6.07) is 1.94. The highest BCUT2D eigenvalue weighted by Crippen LogP contribution is 2.24. The van der Waals surface area contributed by atoms with Crippen LogP contribution in [0.4, 0.5) is 0 Å². The predicted octanol–water partition coefficient (Wildman–Crippen LogP) is 0.941. The van der Waals surface area contributed by atoms with Crippen molar-refractivity contribution < 1.29 is 0 Å². The summed E-state index contributed by atoms with van der Waals surface area (Å²) in [7, 11) is 1.90. The summed E-state index contributed by atoms with van der Waals surface area (Å²) in [5, 5.41) is 4.33. The van der Waals surface area contributed by atoms with E-state index in [1.54, 1.807) is 4.68 Å². The fourth-order valence-corrected chi connectivity index (χ4v) is 2.44. The van der Waals surface area contributed by atoms with E-state index in [4.69, 9.17) is 5.73 Å². The number of hydrogen-bond donors (Lipinski definition) is 1. The van der Waals surface area contributed by atoms with Gasteiger partial charge in [-0.3, -0.25) is 4.68 Å². The maximum absolute atomic E-state index is 5.73. The highest BCUT2D eigenvalue weighted by atomic mass is 15.3. The van der Waals surface area contributed by atoms with Gasteiger partial charge in [-0.1, -0.05) is 0 Å². The highest BCUT2D eigenvalue weighted by molar-refractivity contribution is 5.48. The largest absolute Gasteiger partial charge is 0.330 e. The van der Waals surface area contributed by atoms with Crippen LogP contribution in [0.5, 0.6) is 0 Å². The van der Waals surface area contributed by atoms with Gasteiger partial charge >= 0.3 is 0 Å². The predicted molar refractivity (Wildman–Crippen MR) is 68.8 cm³/mol. The number of aromatic nitrogens is 4. The molecule has 0 spiro atoms. The molecule has 0 aliphatic heterocycles. The van der Waals surface area contributed by atoms with Crippen LogP contribution in [-0.4, -0.2) is 26.3 Å². The topological polar surface area (TPSA) is 69.6 Å². The maximum atomic E-state index is 5.73. The van der Waals surface area contributed by atoms with Crippen molar-refractivity contribution in [3.63, 3.8) is 0 Å². The van der Waals surface area contributed by atoms with Crippen LogP contribution in [0, 0.1) is 5.92 Å². The second-order valence-corrected chi connectivity index (χ2v) is 4.88. The van der Waals surface area contributed by atoms with Crippen molar-refractivity contribution >= 4 is 0 Å². The van der Waals surface area contributed by atoms with Crippen molar-refractivity contribution in [3.05, 3.63) is 29.7 Å². The molecule has 0 saturated carbocycles. The maximum Gasteiger partial charge on any atom is 0.180 e. The standard InChI is InChI=1S/C13H17N5/c1-18-5-4-12(17-18)13-15-8-10-6-9(7-14)2-3-11(10)16-13/h4-5,8-9H,2-3,6-7,14H2,1H3. The van der Waals surface area contributed by atoms with Crippen LogP contribution < -0.4 is 5.73 Å². The molecule has 1 unspecified atom stereocenters. The molecule has 5 nitrogen and oxygen atoms in total. The second kappa shape index (κ2) is 4.49. The van der Waals surface area contributed by atoms with Crippen LogP contribution in [0.3, 0.4) is 0 Å². The number of hydrogen-bond acceptors (Lipinski definition) is 4. The van der Waals surface area contributed by atoms with E-state index in [0.717, 1.165) is 43.0 Å². The van der Waals surface area contributed by atoms with E-state index in [2.05, 4.69) is 15.1 Å². The van der Waals surface area contributed by atoms with E-state index in [-0.39, 0.29) is 0 Å². The van der Waals surface area contributed by atoms with Crippen molar-refractivity contribution in [3.8, 4) is 11.5 Å². The minimum Gasteiger partial charge on any atom is -0.330 e. The Morgan fingerprint density at radius 1 is 1.50 bits per heavy atom. The first-order valence-corrected chi connectivity index (χ1v) is 6.31. The Labute approximate surface area is 106 Å². The van der Waals surface area contributed by atoms with E-state index >= 15 is 0 Å². The molecule has 0 bridgehead atoms. The molecule has 2 aromatic rings. The van der Waals surface area contributed by atoms with Crippen LogP contribution in [0.1, 0.15) is 17.7 Å². The van der Waals surface area contributed by atoms with Crippen LogP contribution in [0.15, 0.2) is 18.5 Å². The number of nitrogens with zero attached hydrogens (tertiary/aromatic N) is 4. The van der Waals surface area contributed by atoms with Crippen LogP contribution >= 0.6 is 0 Å². The molecule has 0 fully saturated rings. The van der Waals surface area contributed by atoms with Crippen molar-refractivity contribution in [2.75, 3.05) is 6.54 Å². The Morgan fingerprint density at radius 3 is 3.11 bits per heavy atom. The average molecular weight is 243 g/mol. The molecule has 1 aliphatic carbocycles. The van der Waals surface area contributed by atoms with E-state index in [1.165, 1.54) is 5.56 Å². The monoisotopic (exact) mass is 243 g/mol. The van der Waals surface area contributed by atoms with Gasteiger partial charge in [0.05, 0.1) is 0 Å². The van der Waals surface area contributed by atoms with Gasteiger partial charge in [-0.25, -0.2) is 9.97 Å². The molecule has 3 rings (SSSR count). The molecule has 0 radical (unpaired) electrons. The molecule has 1 aliphatic rings. The first kappa shape index (κ1) is 11.3. The summed E-state index contributed by atoms with van der Waals surface area (Å²) in [5.74, 6) is 1.31. The lowest BCUT2D eigenvalue weighted by Gasteiger charge is -2.22. The molecular weight excluding hydrogens is 226 g/mol. The number of rotatable bonds is 2. The first-order chi connectivity index (χ1) is 8.76. The first-order valence-electron chi connectivity index (χ1n) is 6.31. The fourth-order valence-electron chi connectivity index (χ4n) is 2.44. The zero-order chi connectivity index (χ0) is 12.5. The van der Waals surface area contributed by atoms with Gasteiger partial charge < -0.3 is 5.73 Å². The number of fused-ring (bicyclic) bond motifs is 1. The molecular formula is C13H17N5. The van der Waals surface area contributed by atoms with Crippen molar-refractivity contribution in [2.45, 2.75) is 19.3 Å². The van der Waals surface area contributed by atoms with Crippen LogP contribution in [0.25, 0.3) is 11.5 Å². The molecule has 5 heteroatoms. The smallest absolute Gasteiger partial charge is 0.180 e. The molecule has 94 valence electrons. The van der Waals surface area contributed by atoms with Crippen LogP contribution in [-0.2, 0) is 19.9 Å². The lowest BCUT2D eigenvalue weighted by Crippen LogP contribution is -2.23. The van der Waals surface area contributed by atoms with Gasteiger partial charge in [-0.2, -0.15) is 5.10 Å². The molecule has 1 atom stereocenters. The van der Waals surface area contributed by atoms with Gasteiger partial charge in [-0.05, 0) is 43.4 Å².